The highest BCUT2D eigenvalue weighted by Crippen LogP contribution is 2.21. The fourth-order valence-corrected chi connectivity index (χ4v) is 1.88. The maximum Gasteiger partial charge on any atom is 0.338 e. The number of halogens is 2. The highest BCUT2D eigenvalue weighted by Gasteiger charge is 2.10. The zero-order valence-corrected chi connectivity index (χ0v) is 9.19. The molecule has 0 spiro atoms. The summed E-state index contributed by atoms with van der Waals surface area (Å²) in [6.45, 7) is 0. The van der Waals surface area contributed by atoms with Crippen LogP contribution in [0.15, 0.2) is 34.7 Å². The molecule has 0 saturated carbocycles. The number of hydrogen-bond acceptors (Lipinski definition) is 2. The van der Waals surface area contributed by atoms with E-state index in [1.807, 2.05) is 0 Å². The van der Waals surface area contributed by atoms with Gasteiger partial charge in [-0.05, 0) is 18.2 Å². The van der Waals surface area contributed by atoms with Crippen LogP contribution in [0.1, 0.15) is 10.4 Å². The first kappa shape index (κ1) is 12.1. The van der Waals surface area contributed by atoms with Crippen molar-refractivity contribution in [2.45, 2.75) is 4.90 Å². The minimum absolute atomic E-state index is 0.310. The molecule has 1 N–H and O–H groups in total. The Morgan fingerprint density at radius 1 is 1.60 bits per heavy atom. The average molecular weight is 247 g/mol. The number of hydrogen-bond donors (Lipinski definition) is 1. The molecule has 0 aliphatic heterocycles. The molecule has 1 rings (SSSR count). The van der Waals surface area contributed by atoms with Crippen LogP contribution in [0.5, 0.6) is 0 Å². The highest BCUT2D eigenvalue weighted by atomic mass is 35.5. The summed E-state index contributed by atoms with van der Waals surface area (Å²) in [5.41, 5.74) is 1.07. The summed E-state index contributed by atoms with van der Waals surface area (Å²) in [7, 11) is 0. The Hall–Kier alpha value is -1.00. The van der Waals surface area contributed by atoms with Crippen LogP contribution in [0, 0.1) is 5.82 Å². The van der Waals surface area contributed by atoms with Crippen molar-refractivity contribution >= 4 is 29.3 Å². The Morgan fingerprint density at radius 3 is 2.93 bits per heavy atom. The first-order valence-corrected chi connectivity index (χ1v) is 5.48. The van der Waals surface area contributed by atoms with Gasteiger partial charge in [0, 0.05) is 16.2 Å². The molecule has 0 unspecified atom stereocenters. The lowest BCUT2D eigenvalue weighted by molar-refractivity contribution is 0.0691. The summed E-state index contributed by atoms with van der Waals surface area (Å²) in [5, 5.41) is 8.68. The second-order valence-corrected chi connectivity index (χ2v) is 3.96. The molecule has 0 bridgehead atoms. The van der Waals surface area contributed by atoms with Gasteiger partial charge in [0.25, 0.3) is 0 Å². The molecule has 0 radical (unpaired) electrons. The molecule has 0 aliphatic rings. The molecule has 0 atom stereocenters. The minimum Gasteiger partial charge on any atom is -0.478 e. The zero-order chi connectivity index (χ0) is 11.3. The Morgan fingerprint density at radius 2 is 2.33 bits per heavy atom. The number of thioether (sulfide) groups is 1. The van der Waals surface area contributed by atoms with Crippen LogP contribution in [0.4, 0.5) is 4.39 Å². The van der Waals surface area contributed by atoms with Gasteiger partial charge in [0.1, 0.15) is 5.82 Å². The van der Waals surface area contributed by atoms with E-state index in [1.165, 1.54) is 29.4 Å². The van der Waals surface area contributed by atoms with Crippen LogP contribution in [-0.2, 0) is 0 Å². The van der Waals surface area contributed by atoms with E-state index < -0.39 is 11.8 Å². The summed E-state index contributed by atoms with van der Waals surface area (Å²) in [6, 6.07) is 4.00. The van der Waals surface area contributed by atoms with Crippen molar-refractivity contribution in [2.24, 2.45) is 0 Å². The SMILES string of the molecule is O=C(O)c1cc(SC/C=C/Cl)ccc1F. The van der Waals surface area contributed by atoms with Crippen molar-refractivity contribution in [1.82, 2.24) is 0 Å². The second-order valence-electron chi connectivity index (χ2n) is 2.62. The van der Waals surface area contributed by atoms with E-state index in [1.54, 1.807) is 6.08 Å². The lowest BCUT2D eigenvalue weighted by Gasteiger charge is -2.01. The molecule has 0 heterocycles. The van der Waals surface area contributed by atoms with Gasteiger partial charge in [0.2, 0.25) is 0 Å². The molecule has 80 valence electrons. The fraction of sp³-hybridized carbons (Fsp3) is 0.100. The van der Waals surface area contributed by atoms with Crippen LogP contribution in [0.2, 0.25) is 0 Å². The third-order valence-electron chi connectivity index (χ3n) is 1.60. The van der Waals surface area contributed by atoms with Gasteiger partial charge in [-0.3, -0.25) is 0 Å². The van der Waals surface area contributed by atoms with Gasteiger partial charge in [0.05, 0.1) is 5.56 Å². The standard InChI is InChI=1S/C10H8ClFO2S/c11-4-1-5-15-7-2-3-9(12)8(6-7)10(13)14/h1-4,6H,5H2,(H,13,14)/b4-1+. The lowest BCUT2D eigenvalue weighted by atomic mass is 10.2. The first-order valence-electron chi connectivity index (χ1n) is 4.06. The van der Waals surface area contributed by atoms with Gasteiger partial charge in [-0.2, -0.15) is 0 Å². The number of carboxylic acid groups (broad SMARTS) is 1. The van der Waals surface area contributed by atoms with Crippen molar-refractivity contribution < 1.29 is 14.3 Å². The topological polar surface area (TPSA) is 37.3 Å². The van der Waals surface area contributed by atoms with Gasteiger partial charge >= 0.3 is 5.97 Å². The second kappa shape index (κ2) is 5.78. The summed E-state index contributed by atoms with van der Waals surface area (Å²) in [4.78, 5) is 11.3. The minimum atomic E-state index is -1.26. The van der Waals surface area contributed by atoms with Gasteiger partial charge in [-0.15, -0.1) is 11.8 Å². The normalized spacial score (nSPS) is 10.8. The van der Waals surface area contributed by atoms with E-state index in [0.717, 1.165) is 6.07 Å². The van der Waals surface area contributed by atoms with Gasteiger partial charge in [-0.1, -0.05) is 17.7 Å². The first-order chi connectivity index (χ1) is 7.15. The number of benzene rings is 1. The number of rotatable bonds is 4. The van der Waals surface area contributed by atoms with Crippen LogP contribution in [-0.4, -0.2) is 16.8 Å². The number of carbonyl (C=O) groups is 1. The number of aromatic carboxylic acids is 1. The maximum absolute atomic E-state index is 13.0. The van der Waals surface area contributed by atoms with E-state index in [2.05, 4.69) is 0 Å². The van der Waals surface area contributed by atoms with E-state index in [4.69, 9.17) is 16.7 Å². The zero-order valence-electron chi connectivity index (χ0n) is 7.61. The Labute approximate surface area is 95.7 Å². The van der Waals surface area contributed by atoms with Crippen molar-refractivity contribution in [3.63, 3.8) is 0 Å². The molecule has 0 amide bonds. The molecular weight excluding hydrogens is 239 g/mol. The molecule has 0 aromatic heterocycles. The molecule has 0 aliphatic carbocycles. The quantitative estimate of drug-likeness (QED) is 0.828. The maximum atomic E-state index is 13.0. The third-order valence-corrected chi connectivity index (χ3v) is 2.73. The fourth-order valence-electron chi connectivity index (χ4n) is 0.939. The third kappa shape index (κ3) is 3.57. The van der Waals surface area contributed by atoms with Crippen molar-refractivity contribution in [3.05, 3.63) is 41.2 Å². The van der Waals surface area contributed by atoms with Crippen LogP contribution in [0.3, 0.4) is 0 Å². The monoisotopic (exact) mass is 246 g/mol. The Kier molecular flexibility index (Phi) is 4.65. The molecule has 5 heteroatoms. The molecule has 0 saturated heterocycles. The van der Waals surface area contributed by atoms with E-state index >= 15 is 0 Å². The lowest BCUT2D eigenvalue weighted by Crippen LogP contribution is -2.00. The van der Waals surface area contributed by atoms with E-state index in [0.29, 0.717) is 10.6 Å². The predicted molar refractivity (Wildman–Crippen MR) is 59.1 cm³/mol. The van der Waals surface area contributed by atoms with E-state index in [-0.39, 0.29) is 5.56 Å². The Balaban J connectivity index is 2.83. The molecule has 1 aromatic rings. The van der Waals surface area contributed by atoms with Gasteiger partial charge in [-0.25, -0.2) is 9.18 Å². The molecule has 0 fully saturated rings. The summed E-state index contributed by atoms with van der Waals surface area (Å²) >= 11 is 6.71. The van der Waals surface area contributed by atoms with Crippen molar-refractivity contribution in [3.8, 4) is 0 Å². The summed E-state index contributed by atoms with van der Waals surface area (Å²) < 4.78 is 13.0. The molecule has 15 heavy (non-hydrogen) atoms. The van der Waals surface area contributed by atoms with Gasteiger partial charge < -0.3 is 5.11 Å². The molecular formula is C10H8ClFO2S. The predicted octanol–water partition coefficient (Wildman–Crippen LogP) is 3.37. The molecule has 2 nitrogen and oxygen atoms in total. The smallest absolute Gasteiger partial charge is 0.338 e. The van der Waals surface area contributed by atoms with Crippen molar-refractivity contribution in [2.75, 3.05) is 5.75 Å². The van der Waals surface area contributed by atoms with Crippen LogP contribution in [0.25, 0.3) is 0 Å². The van der Waals surface area contributed by atoms with Crippen LogP contribution < -0.4 is 0 Å². The Bertz CT molecular complexity index is 393. The molecule has 1 aromatic carbocycles. The van der Waals surface area contributed by atoms with Crippen LogP contribution >= 0.6 is 23.4 Å². The average Bonchev–Trinajstić information content (AvgIpc) is 2.20. The van der Waals surface area contributed by atoms with E-state index in [9.17, 15) is 9.18 Å². The summed E-state index contributed by atoms with van der Waals surface area (Å²) in [6.07, 6.45) is 1.72. The number of carboxylic acids is 1. The van der Waals surface area contributed by atoms with Gasteiger partial charge in [0.15, 0.2) is 0 Å². The largest absolute Gasteiger partial charge is 0.478 e. The highest BCUT2D eigenvalue weighted by molar-refractivity contribution is 7.99. The van der Waals surface area contributed by atoms with Crippen molar-refractivity contribution in [1.29, 1.82) is 0 Å². The summed E-state index contributed by atoms with van der Waals surface area (Å²) in [5.74, 6) is -1.36.